The Bertz CT molecular complexity index is 596. The van der Waals surface area contributed by atoms with E-state index in [1.807, 2.05) is 0 Å². The van der Waals surface area contributed by atoms with Crippen LogP contribution in [-0.4, -0.2) is 33.6 Å². The van der Waals surface area contributed by atoms with Crippen molar-refractivity contribution in [1.29, 1.82) is 0 Å². The van der Waals surface area contributed by atoms with Crippen molar-refractivity contribution >= 4 is 29.0 Å². The van der Waals surface area contributed by atoms with Gasteiger partial charge in [-0.15, -0.1) is 0 Å². The Kier molecular flexibility index (Phi) is 5.43. The van der Waals surface area contributed by atoms with Gasteiger partial charge in [0, 0.05) is 0 Å². The molecule has 1 nitrogen and oxygen atoms in total. The summed E-state index contributed by atoms with van der Waals surface area (Å²) in [5.74, 6) is 0. The Morgan fingerprint density at radius 1 is 0.810 bits per heavy atom. The second-order valence-electron chi connectivity index (χ2n) is 5.27. The molecule has 3 rings (SSSR count). The molecular formula is C18H21NSe2. The standard InChI is InChI=1S/C18H21NSe2/c1-2-3-4-5-12-19-15(17-8-6-13-20-17)10-11-16(19)18-9-7-14-21-18/h6-11,13-14H,2-5,12H2,1H3. The SMILES string of the molecule is CCCCCCn1c(-c2ccc[se]2)ccc1-c1ccc[se]1. The van der Waals surface area contributed by atoms with Crippen LogP contribution in [-0.2, 0) is 6.54 Å². The van der Waals surface area contributed by atoms with Crippen LogP contribution < -0.4 is 0 Å². The summed E-state index contributed by atoms with van der Waals surface area (Å²) < 4.78 is 5.64. The molecule has 0 unspecified atom stereocenters. The van der Waals surface area contributed by atoms with Gasteiger partial charge < -0.3 is 0 Å². The second kappa shape index (κ2) is 7.51. The van der Waals surface area contributed by atoms with Gasteiger partial charge in [-0.2, -0.15) is 0 Å². The first-order chi connectivity index (χ1) is 10.4. The van der Waals surface area contributed by atoms with Gasteiger partial charge in [-0.05, 0) is 0 Å². The van der Waals surface area contributed by atoms with E-state index >= 15 is 0 Å². The van der Waals surface area contributed by atoms with Crippen LogP contribution in [0.1, 0.15) is 32.6 Å². The quantitative estimate of drug-likeness (QED) is 0.400. The van der Waals surface area contributed by atoms with Crippen molar-refractivity contribution < 1.29 is 0 Å². The van der Waals surface area contributed by atoms with E-state index in [9.17, 15) is 0 Å². The molecule has 0 fully saturated rings. The molecule has 0 atom stereocenters. The van der Waals surface area contributed by atoms with Crippen LogP contribution >= 0.6 is 0 Å². The van der Waals surface area contributed by atoms with Crippen LogP contribution in [0.3, 0.4) is 0 Å². The Balaban J connectivity index is 1.90. The summed E-state index contributed by atoms with van der Waals surface area (Å²) in [4.78, 5) is 4.63. The van der Waals surface area contributed by atoms with Gasteiger partial charge in [0.2, 0.25) is 0 Å². The fourth-order valence-corrected chi connectivity index (χ4v) is 5.87. The molecule has 0 aromatic carbocycles. The predicted molar refractivity (Wildman–Crippen MR) is 93.3 cm³/mol. The van der Waals surface area contributed by atoms with Gasteiger partial charge in [-0.3, -0.25) is 0 Å². The molecule has 0 aliphatic rings. The fraction of sp³-hybridized carbons (Fsp3) is 0.333. The molecule has 0 N–H and O–H groups in total. The van der Waals surface area contributed by atoms with Gasteiger partial charge in [0.15, 0.2) is 0 Å². The van der Waals surface area contributed by atoms with E-state index in [0.717, 1.165) is 0 Å². The van der Waals surface area contributed by atoms with E-state index in [-0.39, 0.29) is 0 Å². The minimum absolute atomic E-state index is 0.518. The second-order valence-corrected chi connectivity index (χ2v) is 9.25. The van der Waals surface area contributed by atoms with Crippen molar-refractivity contribution in [2.24, 2.45) is 0 Å². The van der Waals surface area contributed by atoms with Crippen LogP contribution in [0.4, 0.5) is 0 Å². The Hall–Kier alpha value is -0.721. The third-order valence-corrected chi connectivity index (χ3v) is 7.51. The van der Waals surface area contributed by atoms with E-state index in [0.29, 0.717) is 29.0 Å². The van der Waals surface area contributed by atoms with Crippen molar-refractivity contribution in [3.8, 4) is 20.3 Å². The molecule has 0 bridgehead atoms. The third kappa shape index (κ3) is 3.55. The number of hydrogen-bond donors (Lipinski definition) is 0. The molecular weight excluding hydrogens is 388 g/mol. The van der Waals surface area contributed by atoms with Crippen LogP contribution in [0.5, 0.6) is 0 Å². The summed E-state index contributed by atoms with van der Waals surface area (Å²) in [5.41, 5.74) is 2.91. The number of hydrogen-bond acceptors (Lipinski definition) is 0. The Labute approximate surface area is 139 Å². The summed E-state index contributed by atoms with van der Waals surface area (Å²) in [6.45, 7) is 3.44. The van der Waals surface area contributed by atoms with Gasteiger partial charge in [-0.1, -0.05) is 0 Å². The van der Waals surface area contributed by atoms with E-state index in [4.69, 9.17) is 0 Å². The zero-order chi connectivity index (χ0) is 14.5. The zero-order valence-electron chi connectivity index (χ0n) is 12.4. The van der Waals surface area contributed by atoms with Crippen LogP contribution in [0.2, 0.25) is 0 Å². The normalized spacial score (nSPS) is 11.1. The molecule has 0 saturated heterocycles. The first-order valence-electron chi connectivity index (χ1n) is 7.67. The van der Waals surface area contributed by atoms with Crippen molar-refractivity contribution in [3.05, 3.63) is 46.3 Å². The average Bonchev–Trinajstić information content (AvgIpc) is 3.22. The zero-order valence-corrected chi connectivity index (χ0v) is 15.8. The van der Waals surface area contributed by atoms with Crippen LogP contribution in [0, 0.1) is 0 Å². The van der Waals surface area contributed by atoms with Crippen molar-refractivity contribution in [3.63, 3.8) is 0 Å². The van der Waals surface area contributed by atoms with E-state index in [2.05, 4.69) is 57.8 Å². The molecule has 3 heteroatoms. The van der Waals surface area contributed by atoms with Crippen LogP contribution in [0.25, 0.3) is 20.3 Å². The number of aromatic nitrogens is 1. The molecule has 3 heterocycles. The monoisotopic (exact) mass is 411 g/mol. The van der Waals surface area contributed by atoms with E-state index in [1.54, 1.807) is 0 Å². The van der Waals surface area contributed by atoms with Gasteiger partial charge >= 0.3 is 139 Å². The van der Waals surface area contributed by atoms with Crippen molar-refractivity contribution in [2.75, 3.05) is 0 Å². The predicted octanol–water partition coefficient (Wildman–Crippen LogP) is 4.52. The molecule has 21 heavy (non-hydrogen) atoms. The number of nitrogens with zero attached hydrogens (tertiary/aromatic N) is 1. The molecule has 0 radical (unpaired) electrons. The van der Waals surface area contributed by atoms with Gasteiger partial charge in [0.25, 0.3) is 0 Å². The topological polar surface area (TPSA) is 4.93 Å². The first-order valence-corrected chi connectivity index (χ1v) is 11.4. The molecule has 3 aromatic rings. The summed E-state index contributed by atoms with van der Waals surface area (Å²) in [6, 6.07) is 13.7. The molecule has 3 aromatic heterocycles. The van der Waals surface area contributed by atoms with E-state index in [1.165, 1.54) is 52.5 Å². The number of rotatable bonds is 7. The van der Waals surface area contributed by atoms with Crippen molar-refractivity contribution in [2.45, 2.75) is 39.2 Å². The maximum absolute atomic E-state index is 2.58. The first kappa shape index (κ1) is 15.2. The Morgan fingerprint density at radius 2 is 1.43 bits per heavy atom. The maximum atomic E-state index is 2.58. The summed E-state index contributed by atoms with van der Waals surface area (Å²) in [5, 5.41) is 0. The molecule has 0 aliphatic heterocycles. The third-order valence-electron chi connectivity index (χ3n) is 3.76. The number of unbranched alkanes of at least 4 members (excludes halogenated alkanes) is 3. The minimum atomic E-state index is 0.518. The summed E-state index contributed by atoms with van der Waals surface area (Å²) in [7, 11) is 0. The van der Waals surface area contributed by atoms with Gasteiger partial charge in [-0.25, -0.2) is 0 Å². The average molecular weight is 409 g/mol. The molecule has 110 valence electrons. The fourth-order valence-electron chi connectivity index (χ4n) is 2.68. The van der Waals surface area contributed by atoms with Crippen LogP contribution in [0.15, 0.2) is 46.3 Å². The molecule has 0 amide bonds. The summed E-state index contributed by atoms with van der Waals surface area (Å²) in [6.07, 6.45) is 5.30. The van der Waals surface area contributed by atoms with Crippen molar-refractivity contribution in [1.82, 2.24) is 4.57 Å². The molecule has 0 spiro atoms. The molecule has 0 saturated carbocycles. The Morgan fingerprint density at radius 3 is 1.90 bits per heavy atom. The van der Waals surface area contributed by atoms with Gasteiger partial charge in [0.1, 0.15) is 0 Å². The summed E-state index contributed by atoms with van der Waals surface area (Å²) >= 11 is 1.04. The van der Waals surface area contributed by atoms with E-state index < -0.39 is 0 Å². The van der Waals surface area contributed by atoms with Gasteiger partial charge in [0.05, 0.1) is 0 Å². The molecule has 0 aliphatic carbocycles.